The van der Waals surface area contributed by atoms with Gasteiger partial charge >= 0.3 is 0 Å². The normalized spacial score (nSPS) is 11.2. The van der Waals surface area contributed by atoms with E-state index in [1.165, 1.54) is 0 Å². The second kappa shape index (κ2) is 9.74. The number of hydrogen-bond acceptors (Lipinski definition) is 6. The molecule has 0 spiro atoms. The molecule has 7 heteroatoms. The van der Waals surface area contributed by atoms with Crippen LogP contribution in [0.2, 0.25) is 0 Å². The molecule has 0 bridgehead atoms. The highest BCUT2D eigenvalue weighted by Crippen LogP contribution is 2.22. The van der Waals surface area contributed by atoms with Gasteiger partial charge in [-0.15, -0.1) is 5.10 Å². The Kier molecular flexibility index (Phi) is 6.02. The van der Waals surface area contributed by atoms with E-state index in [0.29, 0.717) is 12.4 Å². The Labute approximate surface area is 190 Å². The minimum absolute atomic E-state index is 0.274. The van der Waals surface area contributed by atoms with E-state index in [2.05, 4.69) is 37.7 Å². The van der Waals surface area contributed by atoms with Gasteiger partial charge < -0.3 is 9.47 Å². The van der Waals surface area contributed by atoms with Crippen LogP contribution in [0.3, 0.4) is 0 Å². The first-order valence-corrected chi connectivity index (χ1v) is 10.5. The highest BCUT2D eigenvalue weighted by Gasteiger charge is 2.03. The first-order chi connectivity index (χ1) is 16.3. The zero-order valence-corrected chi connectivity index (χ0v) is 17.8. The molecule has 0 atom stereocenters. The van der Waals surface area contributed by atoms with Crippen LogP contribution in [0.25, 0.3) is 23.1 Å². The third-order valence-corrected chi connectivity index (χ3v) is 5.05. The summed E-state index contributed by atoms with van der Waals surface area (Å²) in [5, 5.41) is 14.8. The third-order valence-electron chi connectivity index (χ3n) is 5.05. The van der Waals surface area contributed by atoms with Crippen molar-refractivity contribution in [3.05, 3.63) is 108 Å². The second-order valence-electron chi connectivity index (χ2n) is 7.36. The van der Waals surface area contributed by atoms with Crippen molar-refractivity contribution in [2.45, 2.75) is 13.2 Å². The lowest BCUT2D eigenvalue weighted by molar-refractivity contribution is 0.295. The Balaban J connectivity index is 1.21. The van der Waals surface area contributed by atoms with Gasteiger partial charge in [0, 0.05) is 10.9 Å². The van der Waals surface area contributed by atoms with E-state index in [1.807, 2.05) is 84.9 Å². The number of pyridine rings is 1. The quantitative estimate of drug-likeness (QED) is 0.342. The summed E-state index contributed by atoms with van der Waals surface area (Å²) in [5.74, 6) is 2.13. The van der Waals surface area contributed by atoms with E-state index in [9.17, 15) is 0 Å². The topological polar surface area (TPSA) is 85.8 Å². The van der Waals surface area contributed by atoms with Crippen molar-refractivity contribution in [2.24, 2.45) is 0 Å². The lowest BCUT2D eigenvalue weighted by Gasteiger charge is -2.08. The third kappa shape index (κ3) is 5.22. The van der Waals surface area contributed by atoms with E-state index in [4.69, 9.17) is 9.47 Å². The molecule has 0 amide bonds. The number of aromatic nitrogens is 5. The number of ether oxygens (including phenoxy) is 2. The van der Waals surface area contributed by atoms with Crippen molar-refractivity contribution >= 4 is 23.1 Å². The summed E-state index contributed by atoms with van der Waals surface area (Å²) in [7, 11) is 0. The van der Waals surface area contributed by atoms with E-state index in [-0.39, 0.29) is 6.61 Å². The number of nitrogens with zero attached hydrogens (tertiary/aromatic N) is 4. The molecule has 0 aliphatic heterocycles. The Hall–Kier alpha value is -4.52. The van der Waals surface area contributed by atoms with Gasteiger partial charge in [0.05, 0.1) is 11.2 Å². The van der Waals surface area contributed by atoms with Crippen molar-refractivity contribution in [1.29, 1.82) is 0 Å². The molecule has 7 nitrogen and oxygen atoms in total. The molecule has 1 N–H and O–H groups in total. The summed E-state index contributed by atoms with van der Waals surface area (Å²) in [4.78, 5) is 4.65. The fourth-order valence-electron chi connectivity index (χ4n) is 3.34. The number of benzene rings is 3. The first-order valence-electron chi connectivity index (χ1n) is 10.5. The van der Waals surface area contributed by atoms with Gasteiger partial charge in [-0.25, -0.2) is 10.1 Å². The van der Waals surface area contributed by atoms with Crippen LogP contribution in [0.4, 0.5) is 0 Å². The van der Waals surface area contributed by atoms with Crippen LogP contribution in [-0.2, 0) is 13.2 Å². The second-order valence-corrected chi connectivity index (χ2v) is 7.36. The highest BCUT2D eigenvalue weighted by atomic mass is 16.5. The molecule has 0 unspecified atom stereocenters. The molecular weight excluding hydrogens is 414 g/mol. The molecule has 0 saturated carbocycles. The maximum absolute atomic E-state index is 5.92. The zero-order chi connectivity index (χ0) is 22.3. The van der Waals surface area contributed by atoms with Crippen LogP contribution in [0.15, 0.2) is 84.9 Å². The standard InChI is InChI=1S/C26H21N5O2/c1-3-7-24-20(5-1)13-14-22(27-24)17-32-23-15-10-19(11-16-23)9-12-21-6-2-4-8-25(21)33-18-26-28-30-31-29-26/h1-16H,17-18H2,(H,28,29,30,31). The molecule has 0 aliphatic rings. The average Bonchev–Trinajstić information content (AvgIpc) is 3.40. The molecule has 33 heavy (non-hydrogen) atoms. The van der Waals surface area contributed by atoms with E-state index in [0.717, 1.165) is 39.2 Å². The van der Waals surface area contributed by atoms with Gasteiger partial charge in [0.2, 0.25) is 0 Å². The zero-order valence-electron chi connectivity index (χ0n) is 17.8. The molecule has 0 aliphatic carbocycles. The highest BCUT2D eigenvalue weighted by molar-refractivity contribution is 5.78. The molecule has 162 valence electrons. The Morgan fingerprint density at radius 3 is 2.48 bits per heavy atom. The number of nitrogens with one attached hydrogen (secondary N) is 1. The summed E-state index contributed by atoms with van der Waals surface area (Å²) in [6, 6.07) is 27.9. The Morgan fingerprint density at radius 1 is 0.758 bits per heavy atom. The lowest BCUT2D eigenvalue weighted by atomic mass is 10.1. The number of hydrogen-bond donors (Lipinski definition) is 1. The first kappa shape index (κ1) is 20.4. The molecule has 2 heterocycles. The molecule has 5 aromatic rings. The van der Waals surface area contributed by atoms with Gasteiger partial charge in [0.1, 0.15) is 24.7 Å². The van der Waals surface area contributed by atoms with Crippen LogP contribution in [0, 0.1) is 0 Å². The van der Waals surface area contributed by atoms with Gasteiger partial charge in [0.25, 0.3) is 0 Å². The molecule has 3 aromatic carbocycles. The van der Waals surface area contributed by atoms with Gasteiger partial charge in [-0.1, -0.05) is 66.7 Å². The van der Waals surface area contributed by atoms with Crippen molar-refractivity contribution in [3.8, 4) is 11.5 Å². The fourth-order valence-corrected chi connectivity index (χ4v) is 3.34. The predicted octanol–water partition coefficient (Wildman–Crippen LogP) is 5.08. The van der Waals surface area contributed by atoms with E-state index < -0.39 is 0 Å². The monoisotopic (exact) mass is 435 g/mol. The summed E-state index contributed by atoms with van der Waals surface area (Å²) in [6.07, 6.45) is 4.05. The Bertz CT molecular complexity index is 1370. The largest absolute Gasteiger partial charge is 0.487 e. The number of para-hydroxylation sites is 2. The van der Waals surface area contributed by atoms with Crippen molar-refractivity contribution in [1.82, 2.24) is 25.6 Å². The van der Waals surface area contributed by atoms with Crippen LogP contribution >= 0.6 is 0 Å². The van der Waals surface area contributed by atoms with E-state index in [1.54, 1.807) is 0 Å². The average molecular weight is 435 g/mol. The lowest BCUT2D eigenvalue weighted by Crippen LogP contribution is -1.99. The summed E-state index contributed by atoms with van der Waals surface area (Å²) in [5.41, 5.74) is 3.89. The van der Waals surface area contributed by atoms with Crippen LogP contribution in [0.5, 0.6) is 11.5 Å². The maximum atomic E-state index is 5.92. The molecule has 5 rings (SSSR count). The summed E-state index contributed by atoms with van der Waals surface area (Å²) in [6.45, 7) is 0.696. The van der Waals surface area contributed by atoms with Crippen LogP contribution in [-0.4, -0.2) is 25.6 Å². The minimum atomic E-state index is 0.274. The number of rotatable bonds is 8. The van der Waals surface area contributed by atoms with Crippen LogP contribution < -0.4 is 9.47 Å². The molecule has 2 aromatic heterocycles. The van der Waals surface area contributed by atoms with Crippen molar-refractivity contribution in [2.75, 3.05) is 0 Å². The molecule has 0 radical (unpaired) electrons. The molecule has 0 saturated heterocycles. The SMILES string of the molecule is C(=Cc1ccccc1OCc1nnn[nH]1)c1ccc(OCc2ccc3ccccc3n2)cc1. The van der Waals surface area contributed by atoms with Gasteiger partial charge in [-0.2, -0.15) is 0 Å². The Morgan fingerprint density at radius 2 is 1.61 bits per heavy atom. The summed E-state index contributed by atoms with van der Waals surface area (Å²) >= 11 is 0. The fraction of sp³-hybridized carbons (Fsp3) is 0.0769. The summed E-state index contributed by atoms with van der Waals surface area (Å²) < 4.78 is 11.8. The number of fused-ring (bicyclic) bond motifs is 1. The number of tetrazole rings is 1. The van der Waals surface area contributed by atoms with Crippen molar-refractivity contribution < 1.29 is 9.47 Å². The predicted molar refractivity (Wildman–Crippen MR) is 126 cm³/mol. The van der Waals surface area contributed by atoms with E-state index >= 15 is 0 Å². The van der Waals surface area contributed by atoms with Gasteiger partial charge in [-0.3, -0.25) is 0 Å². The molecule has 0 fully saturated rings. The minimum Gasteiger partial charge on any atom is -0.487 e. The van der Waals surface area contributed by atoms with Crippen LogP contribution in [0.1, 0.15) is 22.6 Å². The van der Waals surface area contributed by atoms with Gasteiger partial charge in [-0.05, 0) is 46.3 Å². The van der Waals surface area contributed by atoms with Gasteiger partial charge in [0.15, 0.2) is 5.82 Å². The smallest absolute Gasteiger partial charge is 0.186 e. The molecular formula is C26H21N5O2. The number of aromatic amines is 1. The van der Waals surface area contributed by atoms with Crippen molar-refractivity contribution in [3.63, 3.8) is 0 Å². The number of H-pyrrole nitrogens is 1. The maximum Gasteiger partial charge on any atom is 0.186 e.